The third-order valence-corrected chi connectivity index (χ3v) is 3.17. The highest BCUT2D eigenvalue weighted by atomic mass is 35.5. The van der Waals surface area contributed by atoms with Gasteiger partial charge in [-0.05, 0) is 23.8 Å². The first-order valence-electron chi connectivity index (χ1n) is 6.13. The fourth-order valence-corrected chi connectivity index (χ4v) is 2.31. The summed E-state index contributed by atoms with van der Waals surface area (Å²) in [5.41, 5.74) is 1.50. The van der Waals surface area contributed by atoms with Gasteiger partial charge >= 0.3 is 5.97 Å². The lowest BCUT2D eigenvalue weighted by atomic mass is 10.2. The van der Waals surface area contributed by atoms with Crippen LogP contribution in [0.2, 0.25) is 10.0 Å². The summed E-state index contributed by atoms with van der Waals surface area (Å²) in [4.78, 5) is 10.6. The summed E-state index contributed by atoms with van der Waals surface area (Å²) >= 11 is 12.1. The molecule has 0 aromatic heterocycles. The van der Waals surface area contributed by atoms with Crippen molar-refractivity contribution in [3.63, 3.8) is 0 Å². The van der Waals surface area contributed by atoms with Gasteiger partial charge in [0.2, 0.25) is 0 Å². The van der Waals surface area contributed by atoms with Crippen LogP contribution in [-0.4, -0.2) is 11.1 Å². The Labute approximate surface area is 132 Å². The molecule has 108 valence electrons. The van der Waals surface area contributed by atoms with Crippen LogP contribution in [0.3, 0.4) is 0 Å². The molecule has 0 radical (unpaired) electrons. The first-order valence-corrected chi connectivity index (χ1v) is 6.88. The molecular weight excluding hydrogens is 311 g/mol. The molecular formula is C16H12Cl2O3. The first-order chi connectivity index (χ1) is 10.1. The highest BCUT2D eigenvalue weighted by Gasteiger charge is 2.09. The van der Waals surface area contributed by atoms with Crippen molar-refractivity contribution in [3.05, 3.63) is 69.7 Å². The van der Waals surface area contributed by atoms with Crippen LogP contribution in [-0.2, 0) is 11.4 Å². The van der Waals surface area contributed by atoms with Gasteiger partial charge in [-0.15, -0.1) is 0 Å². The Kier molecular flexibility index (Phi) is 5.26. The molecule has 21 heavy (non-hydrogen) atoms. The number of hydrogen-bond donors (Lipinski definition) is 1. The minimum atomic E-state index is -1.06. The molecule has 0 unspecified atom stereocenters. The van der Waals surface area contributed by atoms with Crippen LogP contribution in [0.15, 0.2) is 48.5 Å². The number of carboxylic acid groups (broad SMARTS) is 1. The molecule has 1 N–H and O–H groups in total. The zero-order valence-corrected chi connectivity index (χ0v) is 12.4. The van der Waals surface area contributed by atoms with E-state index in [0.717, 1.165) is 11.6 Å². The van der Waals surface area contributed by atoms with E-state index in [1.165, 1.54) is 6.08 Å². The highest BCUT2D eigenvalue weighted by Crippen LogP contribution is 2.33. The van der Waals surface area contributed by atoms with Crippen molar-refractivity contribution in [2.75, 3.05) is 0 Å². The summed E-state index contributed by atoms with van der Waals surface area (Å²) < 4.78 is 5.71. The van der Waals surface area contributed by atoms with Gasteiger partial charge in [0.1, 0.15) is 12.4 Å². The van der Waals surface area contributed by atoms with Crippen LogP contribution in [0.5, 0.6) is 5.75 Å². The Morgan fingerprint density at radius 3 is 2.57 bits per heavy atom. The molecule has 0 aliphatic heterocycles. The SMILES string of the molecule is O=C(O)/C=C/c1cc(Cl)cc(Cl)c1OCc1ccccc1. The van der Waals surface area contributed by atoms with E-state index >= 15 is 0 Å². The summed E-state index contributed by atoms with van der Waals surface area (Å²) in [5, 5.41) is 9.47. The van der Waals surface area contributed by atoms with Crippen LogP contribution in [0.1, 0.15) is 11.1 Å². The molecule has 0 fully saturated rings. The molecule has 0 saturated heterocycles. The average molecular weight is 323 g/mol. The third kappa shape index (κ3) is 4.52. The molecule has 0 aliphatic rings. The smallest absolute Gasteiger partial charge is 0.328 e. The largest absolute Gasteiger partial charge is 0.487 e. The summed E-state index contributed by atoms with van der Waals surface area (Å²) in [6.45, 7) is 0.329. The maximum absolute atomic E-state index is 10.6. The van der Waals surface area contributed by atoms with E-state index in [0.29, 0.717) is 28.0 Å². The van der Waals surface area contributed by atoms with Crippen molar-refractivity contribution >= 4 is 35.2 Å². The van der Waals surface area contributed by atoms with Crippen molar-refractivity contribution in [2.45, 2.75) is 6.61 Å². The van der Waals surface area contributed by atoms with Gasteiger partial charge in [-0.2, -0.15) is 0 Å². The minimum Gasteiger partial charge on any atom is -0.487 e. The lowest BCUT2D eigenvalue weighted by molar-refractivity contribution is -0.131. The monoisotopic (exact) mass is 322 g/mol. The van der Waals surface area contributed by atoms with Crippen LogP contribution in [0, 0.1) is 0 Å². The number of carboxylic acids is 1. The molecule has 0 heterocycles. The number of carbonyl (C=O) groups is 1. The van der Waals surface area contributed by atoms with Crippen molar-refractivity contribution in [3.8, 4) is 5.75 Å². The predicted octanol–water partition coefficient (Wildman–Crippen LogP) is 4.67. The second-order valence-electron chi connectivity index (χ2n) is 4.25. The Hall–Kier alpha value is -1.97. The fraction of sp³-hybridized carbons (Fsp3) is 0.0625. The predicted molar refractivity (Wildman–Crippen MR) is 83.9 cm³/mol. The molecule has 5 heteroatoms. The molecule has 2 rings (SSSR count). The zero-order valence-electron chi connectivity index (χ0n) is 10.9. The number of rotatable bonds is 5. The third-order valence-electron chi connectivity index (χ3n) is 2.67. The van der Waals surface area contributed by atoms with Gasteiger partial charge < -0.3 is 9.84 Å². The quantitative estimate of drug-likeness (QED) is 0.813. The lowest BCUT2D eigenvalue weighted by Gasteiger charge is -2.12. The zero-order chi connectivity index (χ0) is 15.2. The standard InChI is InChI=1S/C16H12Cl2O3/c17-13-8-12(6-7-15(19)20)16(14(18)9-13)21-10-11-4-2-1-3-5-11/h1-9H,10H2,(H,19,20)/b7-6+. The van der Waals surface area contributed by atoms with Crippen molar-refractivity contribution in [2.24, 2.45) is 0 Å². The lowest BCUT2D eigenvalue weighted by Crippen LogP contribution is -1.98. The molecule has 2 aromatic carbocycles. The Morgan fingerprint density at radius 2 is 1.90 bits per heavy atom. The van der Waals surface area contributed by atoms with Gasteiger partial charge in [-0.1, -0.05) is 53.5 Å². The molecule has 0 spiro atoms. The number of aliphatic carboxylic acids is 1. The molecule has 0 bridgehead atoms. The van der Waals surface area contributed by atoms with Crippen molar-refractivity contribution in [1.29, 1.82) is 0 Å². The Bertz CT molecular complexity index is 667. The average Bonchev–Trinajstić information content (AvgIpc) is 2.45. The number of ether oxygens (including phenoxy) is 1. The van der Waals surface area contributed by atoms with E-state index < -0.39 is 5.97 Å². The molecule has 0 saturated carbocycles. The van der Waals surface area contributed by atoms with Gasteiger partial charge in [0.15, 0.2) is 0 Å². The van der Waals surface area contributed by atoms with Gasteiger partial charge in [-0.25, -0.2) is 4.79 Å². The summed E-state index contributed by atoms with van der Waals surface area (Å²) in [6, 6.07) is 12.8. The van der Waals surface area contributed by atoms with Crippen molar-refractivity contribution in [1.82, 2.24) is 0 Å². The van der Waals surface area contributed by atoms with Crippen LogP contribution in [0.25, 0.3) is 6.08 Å². The van der Waals surface area contributed by atoms with E-state index in [-0.39, 0.29) is 0 Å². The first kappa shape index (κ1) is 15.4. The summed E-state index contributed by atoms with van der Waals surface area (Å²) in [7, 11) is 0. The van der Waals surface area contributed by atoms with Crippen molar-refractivity contribution < 1.29 is 14.6 Å². The molecule has 0 atom stereocenters. The molecule has 2 aromatic rings. The van der Waals surface area contributed by atoms with E-state index in [1.54, 1.807) is 12.1 Å². The van der Waals surface area contributed by atoms with Gasteiger partial charge in [-0.3, -0.25) is 0 Å². The molecule has 0 aliphatic carbocycles. The second-order valence-corrected chi connectivity index (χ2v) is 5.10. The van der Waals surface area contributed by atoms with Crippen LogP contribution < -0.4 is 4.74 Å². The second kappa shape index (κ2) is 7.16. The normalized spacial score (nSPS) is 10.8. The maximum atomic E-state index is 10.6. The number of benzene rings is 2. The Balaban J connectivity index is 2.26. The van der Waals surface area contributed by atoms with Crippen LogP contribution >= 0.6 is 23.2 Å². The van der Waals surface area contributed by atoms with E-state index in [9.17, 15) is 4.79 Å². The van der Waals surface area contributed by atoms with E-state index in [4.69, 9.17) is 33.0 Å². The van der Waals surface area contributed by atoms with E-state index in [1.807, 2.05) is 30.3 Å². The highest BCUT2D eigenvalue weighted by molar-refractivity contribution is 6.35. The molecule has 3 nitrogen and oxygen atoms in total. The Morgan fingerprint density at radius 1 is 1.19 bits per heavy atom. The summed E-state index contributed by atoms with van der Waals surface area (Å²) in [6.07, 6.45) is 2.41. The molecule has 0 amide bonds. The van der Waals surface area contributed by atoms with Gasteiger partial charge in [0, 0.05) is 16.7 Å². The fourth-order valence-electron chi connectivity index (χ4n) is 1.75. The van der Waals surface area contributed by atoms with Gasteiger partial charge in [0.25, 0.3) is 0 Å². The maximum Gasteiger partial charge on any atom is 0.328 e. The van der Waals surface area contributed by atoms with E-state index in [2.05, 4.69) is 0 Å². The van der Waals surface area contributed by atoms with Gasteiger partial charge in [0.05, 0.1) is 5.02 Å². The number of hydrogen-bond acceptors (Lipinski definition) is 2. The topological polar surface area (TPSA) is 46.5 Å². The summed E-state index contributed by atoms with van der Waals surface area (Å²) in [5.74, 6) is -0.650. The van der Waals surface area contributed by atoms with Crippen LogP contribution in [0.4, 0.5) is 0 Å². The minimum absolute atomic E-state index is 0.329. The number of halogens is 2.